The molecule has 16 heavy (non-hydrogen) atoms. The Labute approximate surface area is 105 Å². The van der Waals surface area contributed by atoms with E-state index in [1.54, 1.807) is 0 Å². The van der Waals surface area contributed by atoms with Gasteiger partial charge in [-0.05, 0) is 0 Å². The second-order valence-electron chi connectivity index (χ2n) is 6.55. The lowest BCUT2D eigenvalue weighted by atomic mass is 9.25. The molecule has 0 aromatic heterocycles. The van der Waals surface area contributed by atoms with E-state index < -0.39 is 0 Å². The highest BCUT2D eigenvalue weighted by Gasteiger charge is 2.34. The van der Waals surface area contributed by atoms with Crippen LogP contribution in [0.2, 0.25) is 17.5 Å². The Hall–Kier alpha value is 0.0649. The molecular weight excluding hydrogens is 191 g/mol. The monoisotopic (exact) mass is 224 g/mol. The van der Waals surface area contributed by atoms with Crippen molar-refractivity contribution in [1.29, 1.82) is 0 Å². The topological polar surface area (TPSA) is 0 Å². The van der Waals surface area contributed by atoms with Crippen LogP contribution in [0.3, 0.4) is 0 Å². The van der Waals surface area contributed by atoms with Crippen LogP contribution in [0.1, 0.15) is 68.2 Å². The summed E-state index contributed by atoms with van der Waals surface area (Å²) in [6.45, 7) is 20.1. The van der Waals surface area contributed by atoms with Crippen molar-refractivity contribution >= 4 is 6.71 Å². The van der Waals surface area contributed by atoms with Gasteiger partial charge in [0.05, 0.1) is 0 Å². The van der Waals surface area contributed by atoms with Crippen LogP contribution in [0.15, 0.2) is 0 Å². The Morgan fingerprint density at radius 3 is 1.38 bits per heavy atom. The summed E-state index contributed by atoms with van der Waals surface area (Å²) in [6, 6.07) is 0. The summed E-state index contributed by atoms with van der Waals surface area (Å²) in [5, 5.41) is 0. The Morgan fingerprint density at radius 2 is 1.12 bits per heavy atom. The second kappa shape index (κ2) is 7.40. The van der Waals surface area contributed by atoms with E-state index in [9.17, 15) is 0 Å². The zero-order valence-corrected chi connectivity index (χ0v) is 12.9. The molecule has 3 unspecified atom stereocenters. The van der Waals surface area contributed by atoms with Gasteiger partial charge in [0.2, 0.25) is 0 Å². The smallest absolute Gasteiger partial charge is 0.0690 e. The van der Waals surface area contributed by atoms with Gasteiger partial charge in [-0.15, -0.1) is 0 Å². The summed E-state index contributed by atoms with van der Waals surface area (Å²) in [6.07, 6.45) is 2.71. The molecule has 0 bridgehead atoms. The van der Waals surface area contributed by atoms with Gasteiger partial charge in [-0.3, -0.25) is 0 Å². The van der Waals surface area contributed by atoms with E-state index in [0.29, 0.717) is 0 Å². The SMILES string of the molecule is CCCC(C)B(C(C)C(C)C)C(C)C(C)C. The highest BCUT2D eigenvalue weighted by atomic mass is 14.2. The first kappa shape index (κ1) is 16.1. The fourth-order valence-electron chi connectivity index (χ4n) is 3.05. The molecule has 0 amide bonds. The lowest BCUT2D eigenvalue weighted by molar-refractivity contribution is 0.543. The van der Waals surface area contributed by atoms with E-state index in [1.165, 1.54) is 12.8 Å². The quantitative estimate of drug-likeness (QED) is 0.482. The van der Waals surface area contributed by atoms with E-state index in [1.807, 2.05) is 0 Å². The lowest BCUT2D eigenvalue weighted by Crippen LogP contribution is -2.33. The van der Waals surface area contributed by atoms with Gasteiger partial charge in [-0.25, -0.2) is 0 Å². The highest BCUT2D eigenvalue weighted by molar-refractivity contribution is 6.63. The molecule has 0 saturated carbocycles. The maximum absolute atomic E-state index is 2.46. The van der Waals surface area contributed by atoms with E-state index in [0.717, 1.165) is 36.0 Å². The van der Waals surface area contributed by atoms with Gasteiger partial charge < -0.3 is 0 Å². The van der Waals surface area contributed by atoms with Crippen LogP contribution in [-0.2, 0) is 0 Å². The van der Waals surface area contributed by atoms with E-state index in [4.69, 9.17) is 0 Å². The van der Waals surface area contributed by atoms with Crippen LogP contribution >= 0.6 is 0 Å². The first-order chi connectivity index (χ1) is 7.32. The molecule has 0 nitrogen and oxygen atoms in total. The number of hydrogen-bond donors (Lipinski definition) is 0. The molecule has 96 valence electrons. The number of hydrogen-bond acceptors (Lipinski definition) is 0. The summed E-state index contributed by atoms with van der Waals surface area (Å²) in [5.41, 5.74) is 0. The van der Waals surface area contributed by atoms with Crippen molar-refractivity contribution in [3.05, 3.63) is 0 Å². The third kappa shape index (κ3) is 4.51. The van der Waals surface area contributed by atoms with Gasteiger partial charge in [0, 0.05) is 0 Å². The minimum Gasteiger partial charge on any atom is -0.0690 e. The molecule has 0 aromatic rings. The summed E-state index contributed by atoms with van der Waals surface area (Å²) < 4.78 is 0. The van der Waals surface area contributed by atoms with E-state index in [2.05, 4.69) is 55.4 Å². The van der Waals surface area contributed by atoms with Crippen LogP contribution in [-0.4, -0.2) is 6.71 Å². The minimum atomic E-state index is 0.811. The molecular formula is C15H33B. The molecule has 0 fully saturated rings. The van der Waals surface area contributed by atoms with Crippen molar-refractivity contribution in [2.24, 2.45) is 11.8 Å². The first-order valence-corrected chi connectivity index (χ1v) is 7.32. The third-order valence-electron chi connectivity index (χ3n) is 4.72. The van der Waals surface area contributed by atoms with Crippen LogP contribution in [0, 0.1) is 11.8 Å². The van der Waals surface area contributed by atoms with Crippen molar-refractivity contribution in [3.63, 3.8) is 0 Å². The summed E-state index contributed by atoms with van der Waals surface area (Å²) in [5.74, 6) is 4.19. The summed E-state index contributed by atoms with van der Waals surface area (Å²) >= 11 is 0. The van der Waals surface area contributed by atoms with Crippen molar-refractivity contribution < 1.29 is 0 Å². The highest BCUT2D eigenvalue weighted by Crippen LogP contribution is 2.40. The number of rotatable bonds is 7. The lowest BCUT2D eigenvalue weighted by Gasteiger charge is -2.35. The fraction of sp³-hybridized carbons (Fsp3) is 1.00. The fourth-order valence-corrected chi connectivity index (χ4v) is 3.05. The van der Waals surface area contributed by atoms with Gasteiger partial charge >= 0.3 is 0 Å². The maximum atomic E-state index is 2.46. The third-order valence-corrected chi connectivity index (χ3v) is 4.72. The minimum absolute atomic E-state index is 0.811. The molecule has 0 aliphatic rings. The molecule has 0 aliphatic carbocycles. The van der Waals surface area contributed by atoms with Crippen molar-refractivity contribution in [1.82, 2.24) is 0 Å². The molecule has 1 heteroatoms. The predicted octanol–water partition coefficient (Wildman–Crippen LogP) is 5.76. The average Bonchev–Trinajstić information content (AvgIpc) is 2.17. The van der Waals surface area contributed by atoms with Gasteiger partial charge in [0.15, 0.2) is 0 Å². The molecule has 0 aliphatic heterocycles. The molecule has 0 saturated heterocycles. The molecule has 3 atom stereocenters. The van der Waals surface area contributed by atoms with Crippen molar-refractivity contribution in [2.45, 2.75) is 85.7 Å². The van der Waals surface area contributed by atoms with Crippen LogP contribution in [0.25, 0.3) is 0 Å². The van der Waals surface area contributed by atoms with Crippen molar-refractivity contribution in [3.8, 4) is 0 Å². The largest absolute Gasteiger partial charge is 0.149 e. The Kier molecular flexibility index (Phi) is 7.43. The van der Waals surface area contributed by atoms with E-state index in [-0.39, 0.29) is 0 Å². The summed E-state index contributed by atoms with van der Waals surface area (Å²) in [4.78, 5) is 0. The normalized spacial score (nSPS) is 17.6. The van der Waals surface area contributed by atoms with Gasteiger partial charge in [-0.2, -0.15) is 0 Å². The Morgan fingerprint density at radius 1 is 0.750 bits per heavy atom. The zero-order chi connectivity index (χ0) is 12.9. The second-order valence-corrected chi connectivity index (χ2v) is 6.55. The first-order valence-electron chi connectivity index (χ1n) is 7.32. The standard InChI is InChI=1S/C15H33B/c1-9-10-13(6)16(14(7)11(2)3)15(8)12(4)5/h11-15H,9-10H2,1-8H3. The molecule has 0 N–H and O–H groups in total. The Bertz CT molecular complexity index is 160. The summed E-state index contributed by atoms with van der Waals surface area (Å²) in [7, 11) is 0. The van der Waals surface area contributed by atoms with Gasteiger partial charge in [0.1, 0.15) is 6.71 Å². The molecule has 0 aromatic carbocycles. The van der Waals surface area contributed by atoms with Gasteiger partial charge in [0.25, 0.3) is 0 Å². The zero-order valence-electron chi connectivity index (χ0n) is 12.9. The van der Waals surface area contributed by atoms with Gasteiger partial charge in [-0.1, -0.05) is 97.5 Å². The van der Waals surface area contributed by atoms with Crippen LogP contribution < -0.4 is 0 Å². The average molecular weight is 224 g/mol. The molecule has 0 radical (unpaired) electrons. The molecule has 0 spiro atoms. The predicted molar refractivity (Wildman–Crippen MR) is 78.6 cm³/mol. The van der Waals surface area contributed by atoms with E-state index >= 15 is 0 Å². The Balaban J connectivity index is 4.74. The van der Waals surface area contributed by atoms with Crippen LogP contribution in [0.5, 0.6) is 0 Å². The maximum Gasteiger partial charge on any atom is 0.149 e. The van der Waals surface area contributed by atoms with Crippen molar-refractivity contribution in [2.75, 3.05) is 0 Å². The van der Waals surface area contributed by atoms with Crippen LogP contribution in [0.4, 0.5) is 0 Å². The molecule has 0 rings (SSSR count). The molecule has 0 heterocycles.